The number of rotatable bonds is 5. The van der Waals surface area contributed by atoms with Gasteiger partial charge in [0, 0.05) is 23.2 Å². The maximum Gasteiger partial charge on any atom is 0.263 e. The van der Waals surface area contributed by atoms with Gasteiger partial charge in [0.05, 0.1) is 11.1 Å². The molecule has 7 nitrogen and oxygen atoms in total. The van der Waals surface area contributed by atoms with E-state index in [4.69, 9.17) is 14.5 Å². The number of amides is 1. The van der Waals surface area contributed by atoms with Crippen LogP contribution in [0.2, 0.25) is 0 Å². The van der Waals surface area contributed by atoms with E-state index in [1.807, 2.05) is 6.92 Å². The summed E-state index contributed by atoms with van der Waals surface area (Å²) in [5.74, 6) is 1.31. The lowest BCUT2D eigenvalue weighted by Crippen LogP contribution is -2.23. The van der Waals surface area contributed by atoms with Crippen molar-refractivity contribution < 1.29 is 14.3 Å². The Morgan fingerprint density at radius 3 is 2.93 bits per heavy atom. The lowest BCUT2D eigenvalue weighted by atomic mass is 10.2. The van der Waals surface area contributed by atoms with Crippen LogP contribution in [0.25, 0.3) is 10.2 Å². The zero-order chi connectivity index (χ0) is 20.7. The van der Waals surface area contributed by atoms with Crippen molar-refractivity contribution in [1.82, 2.24) is 9.55 Å². The Labute approximate surface area is 181 Å². The van der Waals surface area contributed by atoms with Gasteiger partial charge in [-0.2, -0.15) is 0 Å². The monoisotopic (exact) mass is 443 g/mol. The summed E-state index contributed by atoms with van der Waals surface area (Å²) >= 11 is 2.91. The van der Waals surface area contributed by atoms with Crippen LogP contribution in [0.15, 0.2) is 28.2 Å². The molecule has 1 aliphatic carbocycles. The van der Waals surface area contributed by atoms with E-state index in [0.29, 0.717) is 42.1 Å². The molecule has 5 rings (SSSR count). The van der Waals surface area contributed by atoms with E-state index in [1.165, 1.54) is 22.2 Å². The van der Waals surface area contributed by atoms with Gasteiger partial charge < -0.3 is 14.8 Å². The number of nitrogens with zero attached hydrogens (tertiary/aromatic N) is 2. The van der Waals surface area contributed by atoms with E-state index in [9.17, 15) is 9.59 Å². The van der Waals surface area contributed by atoms with Crippen molar-refractivity contribution in [2.45, 2.75) is 37.9 Å². The highest BCUT2D eigenvalue weighted by Gasteiger charge is 2.23. The summed E-state index contributed by atoms with van der Waals surface area (Å²) < 4.78 is 12.7. The van der Waals surface area contributed by atoms with Gasteiger partial charge in [0.15, 0.2) is 16.7 Å². The molecule has 1 amide bonds. The van der Waals surface area contributed by atoms with Crippen LogP contribution in [0.4, 0.5) is 5.69 Å². The molecule has 156 valence electrons. The minimum Gasteiger partial charge on any atom is -0.486 e. The first-order chi connectivity index (χ1) is 14.6. The van der Waals surface area contributed by atoms with E-state index < -0.39 is 0 Å². The largest absolute Gasteiger partial charge is 0.486 e. The second-order valence-corrected chi connectivity index (χ2v) is 9.20. The highest BCUT2D eigenvalue weighted by Crippen LogP contribution is 2.36. The Kier molecular flexibility index (Phi) is 5.16. The molecule has 1 aliphatic heterocycles. The zero-order valence-electron chi connectivity index (χ0n) is 16.5. The first-order valence-corrected chi connectivity index (χ1v) is 11.8. The minimum atomic E-state index is -0.164. The third kappa shape index (κ3) is 3.45. The van der Waals surface area contributed by atoms with Gasteiger partial charge in [-0.05, 0) is 43.9 Å². The highest BCUT2D eigenvalue weighted by molar-refractivity contribution is 7.99. The molecule has 2 aromatic heterocycles. The Hall–Kier alpha value is -2.52. The van der Waals surface area contributed by atoms with E-state index in [2.05, 4.69) is 5.32 Å². The molecule has 0 bridgehead atoms. The van der Waals surface area contributed by atoms with Crippen molar-refractivity contribution >= 4 is 44.9 Å². The van der Waals surface area contributed by atoms with Crippen LogP contribution in [-0.4, -0.2) is 34.4 Å². The number of ether oxygens (including phenoxy) is 2. The third-order valence-electron chi connectivity index (χ3n) is 5.26. The number of thioether (sulfide) groups is 1. The van der Waals surface area contributed by atoms with E-state index in [0.717, 1.165) is 29.5 Å². The highest BCUT2D eigenvalue weighted by atomic mass is 32.2. The summed E-state index contributed by atoms with van der Waals surface area (Å²) in [5.41, 5.74) is 1.84. The molecule has 9 heteroatoms. The molecule has 0 atom stereocenters. The van der Waals surface area contributed by atoms with Crippen LogP contribution in [0.1, 0.15) is 23.8 Å². The quantitative estimate of drug-likeness (QED) is 0.480. The number of anilines is 1. The number of hydrogen-bond donors (Lipinski definition) is 1. The van der Waals surface area contributed by atoms with Gasteiger partial charge >= 0.3 is 0 Å². The van der Waals surface area contributed by atoms with Gasteiger partial charge in [0.1, 0.15) is 18.0 Å². The Morgan fingerprint density at radius 2 is 2.10 bits per heavy atom. The number of fused-ring (bicyclic) bond motifs is 4. The smallest absolute Gasteiger partial charge is 0.263 e. The number of aromatic nitrogens is 2. The molecule has 0 saturated carbocycles. The summed E-state index contributed by atoms with van der Waals surface area (Å²) in [6.07, 6.45) is 3.10. The molecule has 1 aromatic carbocycles. The van der Waals surface area contributed by atoms with Crippen molar-refractivity contribution in [3.63, 3.8) is 0 Å². The molecule has 0 fully saturated rings. The lowest BCUT2D eigenvalue weighted by Gasteiger charge is -2.19. The fourth-order valence-corrected chi connectivity index (χ4v) is 6.06. The molecule has 0 radical (unpaired) electrons. The second-order valence-electron chi connectivity index (χ2n) is 7.18. The molecule has 3 heterocycles. The number of carbonyl (C=O) groups excluding carboxylic acids is 1. The van der Waals surface area contributed by atoms with Gasteiger partial charge in [-0.25, -0.2) is 4.98 Å². The van der Waals surface area contributed by atoms with Crippen LogP contribution in [0.3, 0.4) is 0 Å². The van der Waals surface area contributed by atoms with Crippen LogP contribution in [0, 0.1) is 0 Å². The number of hydrogen-bond acceptors (Lipinski definition) is 7. The maximum absolute atomic E-state index is 13.1. The number of carbonyl (C=O) groups is 1. The molecule has 3 aromatic rings. The summed E-state index contributed by atoms with van der Waals surface area (Å²) in [5, 5.41) is 4.24. The topological polar surface area (TPSA) is 82.5 Å². The van der Waals surface area contributed by atoms with Gasteiger partial charge in [-0.1, -0.05) is 11.8 Å². The average Bonchev–Trinajstić information content (AvgIpc) is 3.33. The molecule has 30 heavy (non-hydrogen) atoms. The average molecular weight is 444 g/mol. The van der Waals surface area contributed by atoms with Gasteiger partial charge in [-0.15, -0.1) is 11.3 Å². The van der Waals surface area contributed by atoms with Crippen molar-refractivity contribution in [3.8, 4) is 11.5 Å². The number of aryl methyl sites for hydroxylation is 2. The van der Waals surface area contributed by atoms with E-state index in [-0.39, 0.29) is 17.2 Å². The van der Waals surface area contributed by atoms with Gasteiger partial charge in [-0.3, -0.25) is 14.2 Å². The predicted octanol–water partition coefficient (Wildman–Crippen LogP) is 3.47. The maximum atomic E-state index is 13.1. The Bertz CT molecular complexity index is 1200. The first-order valence-electron chi connectivity index (χ1n) is 10.0. The standard InChI is InChI=1S/C21H21N3O4S2/c1-2-24-20(26)18-13-4-3-5-16(13)30-19(18)23-21(24)29-11-17(25)22-12-6-7-14-15(10-12)28-9-8-27-14/h6-7,10H,2-5,8-9,11H2,1H3,(H,22,25). The molecule has 0 spiro atoms. The van der Waals surface area contributed by atoms with Crippen LogP contribution < -0.4 is 20.3 Å². The molecular formula is C21H21N3O4S2. The fourth-order valence-electron chi connectivity index (χ4n) is 3.90. The van der Waals surface area contributed by atoms with Crippen LogP contribution in [0.5, 0.6) is 11.5 Å². The SMILES string of the molecule is CCn1c(SCC(=O)Nc2ccc3c(c2)OCCO3)nc2sc3c(c2c1=O)CCC3. The molecule has 2 aliphatic rings. The minimum absolute atomic E-state index is 0.0108. The molecular weight excluding hydrogens is 422 g/mol. The Morgan fingerprint density at radius 1 is 1.27 bits per heavy atom. The van der Waals surface area contributed by atoms with Crippen molar-refractivity contribution in [1.29, 1.82) is 0 Å². The van der Waals surface area contributed by atoms with Gasteiger partial charge in [0.2, 0.25) is 5.91 Å². The number of benzene rings is 1. The Balaban J connectivity index is 1.33. The summed E-state index contributed by atoms with van der Waals surface area (Å²) in [6, 6.07) is 5.34. The summed E-state index contributed by atoms with van der Waals surface area (Å²) in [6.45, 7) is 3.48. The predicted molar refractivity (Wildman–Crippen MR) is 118 cm³/mol. The van der Waals surface area contributed by atoms with Crippen molar-refractivity contribution in [2.75, 3.05) is 24.3 Å². The summed E-state index contributed by atoms with van der Waals surface area (Å²) in [4.78, 5) is 32.4. The molecule has 1 N–H and O–H groups in total. The van der Waals surface area contributed by atoms with Crippen molar-refractivity contribution in [2.24, 2.45) is 0 Å². The zero-order valence-corrected chi connectivity index (χ0v) is 18.2. The molecule has 0 saturated heterocycles. The van der Waals surface area contributed by atoms with Crippen LogP contribution in [-0.2, 0) is 24.2 Å². The molecule has 0 unspecified atom stereocenters. The lowest BCUT2D eigenvalue weighted by molar-refractivity contribution is -0.113. The number of thiophene rings is 1. The summed E-state index contributed by atoms with van der Waals surface area (Å²) in [7, 11) is 0. The fraction of sp³-hybridized carbons (Fsp3) is 0.381. The van der Waals surface area contributed by atoms with Crippen molar-refractivity contribution in [3.05, 3.63) is 39.0 Å². The van der Waals surface area contributed by atoms with E-state index in [1.54, 1.807) is 34.1 Å². The van der Waals surface area contributed by atoms with E-state index >= 15 is 0 Å². The third-order valence-corrected chi connectivity index (χ3v) is 7.43. The van der Waals surface area contributed by atoms with Crippen LogP contribution >= 0.6 is 23.1 Å². The second kappa shape index (κ2) is 7.96. The number of nitrogens with one attached hydrogen (secondary N) is 1. The van der Waals surface area contributed by atoms with Gasteiger partial charge in [0.25, 0.3) is 5.56 Å². The normalized spacial score (nSPS) is 14.7. The first kappa shape index (κ1) is 19.4.